The van der Waals surface area contributed by atoms with Crippen LogP contribution in [-0.2, 0) is 11.2 Å². The summed E-state index contributed by atoms with van der Waals surface area (Å²) in [5.74, 6) is 0.0318. The minimum Gasteiger partial charge on any atom is -0.367 e. The molecule has 0 saturated carbocycles. The van der Waals surface area contributed by atoms with Crippen LogP contribution < -0.4 is 15.5 Å². The number of halogens is 1. The van der Waals surface area contributed by atoms with Crippen LogP contribution in [0.1, 0.15) is 5.69 Å². The van der Waals surface area contributed by atoms with Gasteiger partial charge in [0.2, 0.25) is 5.91 Å². The molecule has 31 heavy (non-hydrogen) atoms. The topological polar surface area (TPSA) is 77.6 Å². The number of anilines is 3. The van der Waals surface area contributed by atoms with Crippen molar-refractivity contribution < 1.29 is 9.59 Å². The number of nitrogens with one attached hydrogen (secondary N) is 2. The van der Waals surface area contributed by atoms with E-state index < -0.39 is 0 Å². The van der Waals surface area contributed by atoms with Gasteiger partial charge in [-0.25, -0.2) is 9.78 Å². The predicted octanol–water partition coefficient (Wildman–Crippen LogP) is 4.33. The second-order valence-corrected chi connectivity index (χ2v) is 8.35. The summed E-state index contributed by atoms with van der Waals surface area (Å²) < 4.78 is 0. The third-order valence-electron chi connectivity index (χ3n) is 4.96. The number of aromatic nitrogens is 1. The smallest absolute Gasteiger partial charge is 0.325 e. The number of hydrogen-bond donors (Lipinski definition) is 2. The van der Waals surface area contributed by atoms with Crippen LogP contribution in [0.2, 0.25) is 5.02 Å². The molecule has 7 nitrogen and oxygen atoms in total. The molecule has 3 amide bonds. The zero-order valence-corrected chi connectivity index (χ0v) is 18.3. The Morgan fingerprint density at radius 2 is 1.68 bits per heavy atom. The van der Waals surface area contributed by atoms with Gasteiger partial charge in [0.1, 0.15) is 0 Å². The van der Waals surface area contributed by atoms with E-state index in [1.165, 1.54) is 11.3 Å². The normalized spacial score (nSPS) is 13.7. The molecule has 0 radical (unpaired) electrons. The zero-order chi connectivity index (χ0) is 21.6. The molecule has 0 spiro atoms. The van der Waals surface area contributed by atoms with Gasteiger partial charge in [-0.15, -0.1) is 11.3 Å². The van der Waals surface area contributed by atoms with E-state index in [1.807, 2.05) is 47.4 Å². The summed E-state index contributed by atoms with van der Waals surface area (Å²) >= 11 is 7.58. The van der Waals surface area contributed by atoms with Crippen molar-refractivity contribution in [2.24, 2.45) is 0 Å². The molecule has 3 aromatic rings. The monoisotopic (exact) mass is 455 g/mol. The minimum absolute atomic E-state index is 0.0318. The van der Waals surface area contributed by atoms with Crippen LogP contribution in [0.5, 0.6) is 0 Å². The van der Waals surface area contributed by atoms with Crippen molar-refractivity contribution in [1.29, 1.82) is 0 Å². The van der Waals surface area contributed by atoms with Crippen LogP contribution in [0.25, 0.3) is 0 Å². The Kier molecular flexibility index (Phi) is 6.69. The van der Waals surface area contributed by atoms with Crippen molar-refractivity contribution in [3.8, 4) is 0 Å². The van der Waals surface area contributed by atoms with E-state index in [0.29, 0.717) is 29.6 Å². The highest BCUT2D eigenvalue weighted by Gasteiger charge is 2.23. The summed E-state index contributed by atoms with van der Waals surface area (Å²) in [6.45, 7) is 2.75. The van der Waals surface area contributed by atoms with Crippen LogP contribution in [0.15, 0.2) is 60.0 Å². The fraction of sp³-hybridized carbons (Fsp3) is 0.227. The van der Waals surface area contributed by atoms with Gasteiger partial charge in [0.05, 0.1) is 22.8 Å². The number of carbonyl (C=O) groups is 2. The average Bonchev–Trinajstić information content (AvgIpc) is 3.21. The number of rotatable bonds is 5. The Hall–Kier alpha value is -3.10. The molecule has 0 unspecified atom stereocenters. The number of urea groups is 1. The van der Waals surface area contributed by atoms with Gasteiger partial charge in [0.25, 0.3) is 0 Å². The van der Waals surface area contributed by atoms with E-state index in [2.05, 4.69) is 20.5 Å². The Morgan fingerprint density at radius 1 is 0.968 bits per heavy atom. The van der Waals surface area contributed by atoms with Gasteiger partial charge in [-0.3, -0.25) is 10.1 Å². The fourth-order valence-corrected chi connectivity index (χ4v) is 4.36. The largest absolute Gasteiger partial charge is 0.367 e. The highest BCUT2D eigenvalue weighted by Crippen LogP contribution is 2.26. The molecule has 2 heterocycles. The highest BCUT2D eigenvalue weighted by molar-refractivity contribution is 7.14. The second kappa shape index (κ2) is 9.80. The van der Waals surface area contributed by atoms with Gasteiger partial charge in [0.15, 0.2) is 5.13 Å². The Labute approximate surface area is 189 Å². The summed E-state index contributed by atoms with van der Waals surface area (Å²) in [5.41, 5.74) is 2.35. The first-order valence-corrected chi connectivity index (χ1v) is 11.2. The number of benzene rings is 2. The lowest BCUT2D eigenvalue weighted by Crippen LogP contribution is -2.49. The lowest BCUT2D eigenvalue weighted by atomic mass is 10.2. The Bertz CT molecular complexity index is 1050. The van der Waals surface area contributed by atoms with E-state index in [-0.39, 0.29) is 18.4 Å². The Morgan fingerprint density at radius 3 is 2.42 bits per heavy atom. The maximum atomic E-state index is 12.7. The number of piperazine rings is 1. The van der Waals surface area contributed by atoms with Crippen molar-refractivity contribution in [3.05, 3.63) is 70.7 Å². The van der Waals surface area contributed by atoms with Crippen molar-refractivity contribution in [2.75, 3.05) is 41.7 Å². The highest BCUT2D eigenvalue weighted by atomic mass is 35.5. The average molecular weight is 456 g/mol. The van der Waals surface area contributed by atoms with Gasteiger partial charge in [-0.2, -0.15) is 0 Å². The molecule has 0 bridgehead atoms. The molecule has 0 aliphatic carbocycles. The van der Waals surface area contributed by atoms with Crippen LogP contribution in [-0.4, -0.2) is 48.0 Å². The standard InChI is InChI=1S/C22H22ClN5O2S/c23-18-8-4-5-9-19(18)27-10-12-28(13-11-27)20(29)14-17-15-31-22(25-17)26-21(30)24-16-6-2-1-3-7-16/h1-9,15H,10-14H2,(H2,24,25,26,30). The van der Waals surface area contributed by atoms with E-state index in [4.69, 9.17) is 11.6 Å². The molecule has 0 atom stereocenters. The summed E-state index contributed by atoms with van der Waals surface area (Å²) in [4.78, 5) is 33.2. The van der Waals surface area contributed by atoms with Crippen molar-refractivity contribution in [1.82, 2.24) is 9.88 Å². The van der Waals surface area contributed by atoms with Crippen LogP contribution in [0, 0.1) is 0 Å². The maximum Gasteiger partial charge on any atom is 0.325 e. The first-order valence-electron chi connectivity index (χ1n) is 9.93. The molecule has 2 N–H and O–H groups in total. The molecule has 1 saturated heterocycles. The third kappa shape index (κ3) is 5.53. The summed E-state index contributed by atoms with van der Waals surface area (Å²) in [5, 5.41) is 8.43. The van der Waals surface area contributed by atoms with Crippen LogP contribution in [0.4, 0.5) is 21.3 Å². The first kappa shape index (κ1) is 21.1. The minimum atomic E-state index is -0.367. The van der Waals surface area contributed by atoms with Crippen LogP contribution in [0.3, 0.4) is 0 Å². The summed E-state index contributed by atoms with van der Waals surface area (Å²) in [6, 6.07) is 16.6. The molecule has 2 aromatic carbocycles. The molecule has 1 aliphatic heterocycles. The maximum absolute atomic E-state index is 12.7. The van der Waals surface area contributed by atoms with E-state index in [0.717, 1.165) is 23.8 Å². The summed E-state index contributed by atoms with van der Waals surface area (Å²) in [6.07, 6.45) is 0.213. The number of para-hydroxylation sites is 2. The van der Waals surface area contributed by atoms with E-state index in [1.54, 1.807) is 17.5 Å². The van der Waals surface area contributed by atoms with Crippen molar-refractivity contribution >= 4 is 51.4 Å². The van der Waals surface area contributed by atoms with E-state index in [9.17, 15) is 9.59 Å². The first-order chi connectivity index (χ1) is 15.1. The Balaban J connectivity index is 1.26. The van der Waals surface area contributed by atoms with Gasteiger partial charge < -0.3 is 15.1 Å². The van der Waals surface area contributed by atoms with Gasteiger partial charge in [0, 0.05) is 37.2 Å². The summed E-state index contributed by atoms with van der Waals surface area (Å²) in [7, 11) is 0. The number of thiazole rings is 1. The number of carbonyl (C=O) groups excluding carboxylic acids is 2. The van der Waals surface area contributed by atoms with Gasteiger partial charge in [-0.05, 0) is 24.3 Å². The lowest BCUT2D eigenvalue weighted by molar-refractivity contribution is -0.130. The molecular formula is C22H22ClN5O2S. The number of hydrogen-bond acceptors (Lipinski definition) is 5. The number of nitrogens with zero attached hydrogens (tertiary/aromatic N) is 3. The lowest BCUT2D eigenvalue weighted by Gasteiger charge is -2.36. The second-order valence-electron chi connectivity index (χ2n) is 7.09. The van der Waals surface area contributed by atoms with E-state index >= 15 is 0 Å². The fourth-order valence-electron chi connectivity index (χ4n) is 3.40. The third-order valence-corrected chi connectivity index (χ3v) is 6.09. The molecule has 4 rings (SSSR count). The SMILES string of the molecule is O=C(Nc1ccccc1)Nc1nc(CC(=O)N2CCN(c3ccccc3Cl)CC2)cs1. The van der Waals surface area contributed by atoms with Gasteiger partial charge >= 0.3 is 6.03 Å². The molecule has 1 aromatic heterocycles. The van der Waals surface area contributed by atoms with Gasteiger partial charge in [-0.1, -0.05) is 41.9 Å². The molecular weight excluding hydrogens is 434 g/mol. The zero-order valence-electron chi connectivity index (χ0n) is 16.8. The molecule has 1 aliphatic rings. The van der Waals surface area contributed by atoms with Crippen molar-refractivity contribution in [2.45, 2.75) is 6.42 Å². The predicted molar refractivity (Wildman–Crippen MR) is 125 cm³/mol. The quantitative estimate of drug-likeness (QED) is 0.600. The molecule has 160 valence electrons. The molecule has 9 heteroatoms. The van der Waals surface area contributed by atoms with Crippen molar-refractivity contribution in [3.63, 3.8) is 0 Å². The molecule has 1 fully saturated rings. The number of amides is 3. The van der Waals surface area contributed by atoms with Crippen LogP contribution >= 0.6 is 22.9 Å².